The van der Waals surface area contributed by atoms with E-state index in [1.54, 1.807) is 12.1 Å². The molecule has 6 heteroatoms. The summed E-state index contributed by atoms with van der Waals surface area (Å²) in [5, 5.41) is 0.154. The van der Waals surface area contributed by atoms with Gasteiger partial charge < -0.3 is 5.73 Å². The molecule has 1 aliphatic rings. The molecular weight excluding hydrogens is 212 g/mol. The van der Waals surface area contributed by atoms with Crippen molar-refractivity contribution in [3.8, 4) is 0 Å². The van der Waals surface area contributed by atoms with Gasteiger partial charge in [0.15, 0.2) is 0 Å². The lowest BCUT2D eigenvalue weighted by atomic mass is 10.2. The largest absolute Gasteiger partial charge is 0.382 e. The van der Waals surface area contributed by atoms with Crippen molar-refractivity contribution in [2.24, 2.45) is 10.1 Å². The zero-order chi connectivity index (χ0) is 9.64. The fourth-order valence-electron chi connectivity index (χ4n) is 1.20. The third kappa shape index (κ3) is 1.12. The van der Waals surface area contributed by atoms with Crippen LogP contribution in [0.15, 0.2) is 27.5 Å². The average molecular weight is 217 g/mol. The van der Waals surface area contributed by atoms with E-state index in [0.717, 1.165) is 0 Å². The van der Waals surface area contributed by atoms with Gasteiger partial charge >= 0.3 is 0 Å². The second-order valence-corrected chi connectivity index (χ2v) is 4.52. The molecule has 0 atom stereocenters. The molecule has 0 fully saturated rings. The molecule has 1 aromatic carbocycles. The van der Waals surface area contributed by atoms with Crippen LogP contribution >= 0.6 is 11.6 Å². The Bertz CT molecular complexity index is 507. The van der Waals surface area contributed by atoms with Crippen LogP contribution in [0, 0.1) is 0 Å². The van der Waals surface area contributed by atoms with Crippen molar-refractivity contribution >= 4 is 27.5 Å². The quantitative estimate of drug-likeness (QED) is 0.696. The van der Waals surface area contributed by atoms with Crippen molar-refractivity contribution in [3.05, 3.63) is 28.8 Å². The second-order valence-electron chi connectivity index (χ2n) is 2.57. The number of sulfonamides is 1. The van der Waals surface area contributed by atoms with E-state index in [1.807, 2.05) is 0 Å². The lowest BCUT2D eigenvalue weighted by molar-refractivity contribution is 0.599. The molecule has 1 heterocycles. The summed E-state index contributed by atoms with van der Waals surface area (Å²) in [6.07, 6.45) is 0. The fraction of sp³-hybridized carbons (Fsp3) is 0. The number of fused-ring (bicyclic) bond motifs is 1. The highest BCUT2D eigenvalue weighted by atomic mass is 35.5. The standard InChI is InChI=1S/C7H5ClN2O2S/c8-5-3-1-2-4-6(5)13(11,12)10-7(4)9/h1-3H,(H2,9,10). The van der Waals surface area contributed by atoms with Gasteiger partial charge in [0.1, 0.15) is 10.7 Å². The van der Waals surface area contributed by atoms with E-state index >= 15 is 0 Å². The molecule has 0 spiro atoms. The van der Waals surface area contributed by atoms with Crippen LogP contribution in [0.3, 0.4) is 0 Å². The molecule has 0 saturated heterocycles. The monoisotopic (exact) mass is 216 g/mol. The van der Waals surface area contributed by atoms with Crippen LogP contribution in [-0.4, -0.2) is 14.3 Å². The first-order chi connectivity index (χ1) is 6.02. The second kappa shape index (κ2) is 2.46. The molecule has 1 aromatic rings. The van der Waals surface area contributed by atoms with E-state index in [-0.39, 0.29) is 15.8 Å². The first kappa shape index (κ1) is 8.52. The minimum Gasteiger partial charge on any atom is -0.382 e. The number of halogens is 1. The molecule has 0 unspecified atom stereocenters. The van der Waals surface area contributed by atoms with Gasteiger partial charge in [-0.05, 0) is 12.1 Å². The summed E-state index contributed by atoms with van der Waals surface area (Å²) < 4.78 is 26.0. The van der Waals surface area contributed by atoms with E-state index in [1.165, 1.54) is 6.07 Å². The molecule has 1 aliphatic heterocycles. The molecule has 0 radical (unpaired) electrons. The van der Waals surface area contributed by atoms with E-state index in [0.29, 0.717) is 5.56 Å². The summed E-state index contributed by atoms with van der Waals surface area (Å²) in [6, 6.07) is 4.70. The summed E-state index contributed by atoms with van der Waals surface area (Å²) >= 11 is 5.71. The summed E-state index contributed by atoms with van der Waals surface area (Å²) in [5.74, 6) is -0.00231. The maximum Gasteiger partial charge on any atom is 0.286 e. The van der Waals surface area contributed by atoms with Crippen molar-refractivity contribution < 1.29 is 8.42 Å². The van der Waals surface area contributed by atoms with Gasteiger partial charge in [0.25, 0.3) is 10.0 Å². The third-order valence-electron chi connectivity index (χ3n) is 1.72. The zero-order valence-electron chi connectivity index (χ0n) is 6.36. The molecule has 0 aliphatic carbocycles. The molecule has 0 aromatic heterocycles. The molecule has 13 heavy (non-hydrogen) atoms. The highest BCUT2D eigenvalue weighted by Gasteiger charge is 2.29. The SMILES string of the molecule is NC1=NS(=O)(=O)c2c(Cl)cccc21. The van der Waals surface area contributed by atoms with Gasteiger partial charge in [-0.15, -0.1) is 4.40 Å². The third-order valence-corrected chi connectivity index (χ3v) is 3.54. The number of hydrogen-bond acceptors (Lipinski definition) is 3. The van der Waals surface area contributed by atoms with Gasteiger partial charge in [0.05, 0.1) is 5.02 Å². The highest BCUT2D eigenvalue weighted by Crippen LogP contribution is 2.31. The summed E-state index contributed by atoms with van der Waals surface area (Å²) in [6.45, 7) is 0. The molecule has 0 saturated carbocycles. The van der Waals surface area contributed by atoms with Crippen molar-refractivity contribution in [3.63, 3.8) is 0 Å². The van der Waals surface area contributed by atoms with Crippen LogP contribution in [-0.2, 0) is 10.0 Å². The number of hydrogen-bond donors (Lipinski definition) is 1. The fourth-order valence-corrected chi connectivity index (χ4v) is 2.88. The number of benzene rings is 1. The van der Waals surface area contributed by atoms with Crippen molar-refractivity contribution in [2.45, 2.75) is 4.90 Å². The van der Waals surface area contributed by atoms with Gasteiger partial charge in [0.2, 0.25) is 0 Å². The molecule has 0 amide bonds. The molecule has 2 N–H and O–H groups in total. The first-order valence-electron chi connectivity index (χ1n) is 3.42. The predicted octanol–water partition coefficient (Wildman–Crippen LogP) is 0.748. The first-order valence-corrected chi connectivity index (χ1v) is 5.23. The molecular formula is C7H5ClN2O2S. The highest BCUT2D eigenvalue weighted by molar-refractivity contribution is 7.91. The van der Waals surface area contributed by atoms with Crippen LogP contribution < -0.4 is 5.73 Å². The number of rotatable bonds is 0. The van der Waals surface area contributed by atoms with Gasteiger partial charge in [-0.25, -0.2) is 0 Å². The van der Waals surface area contributed by atoms with Crippen molar-refractivity contribution in [1.29, 1.82) is 0 Å². The van der Waals surface area contributed by atoms with Gasteiger partial charge in [-0.1, -0.05) is 17.7 Å². The predicted molar refractivity (Wildman–Crippen MR) is 49.4 cm³/mol. The number of amidine groups is 1. The minimum atomic E-state index is -3.65. The van der Waals surface area contributed by atoms with Crippen LogP contribution in [0.5, 0.6) is 0 Å². The Kier molecular flexibility index (Phi) is 1.61. The Morgan fingerprint density at radius 2 is 2.08 bits per heavy atom. The Morgan fingerprint density at radius 1 is 1.38 bits per heavy atom. The number of nitrogens with zero attached hydrogens (tertiary/aromatic N) is 1. The summed E-state index contributed by atoms with van der Waals surface area (Å²) in [7, 11) is -3.65. The van der Waals surface area contributed by atoms with Crippen LogP contribution in [0.1, 0.15) is 5.56 Å². The average Bonchev–Trinajstić information content (AvgIpc) is 2.24. The maximum atomic E-state index is 11.3. The van der Waals surface area contributed by atoms with E-state index in [9.17, 15) is 8.42 Å². The molecule has 2 rings (SSSR count). The maximum absolute atomic E-state index is 11.3. The van der Waals surface area contributed by atoms with Gasteiger partial charge in [0, 0.05) is 5.56 Å². The lowest BCUT2D eigenvalue weighted by Gasteiger charge is -1.98. The smallest absolute Gasteiger partial charge is 0.286 e. The summed E-state index contributed by atoms with van der Waals surface area (Å²) in [4.78, 5) is 0.00849. The minimum absolute atomic E-state index is 0.00231. The van der Waals surface area contributed by atoms with Gasteiger partial charge in [-0.2, -0.15) is 8.42 Å². The Morgan fingerprint density at radius 3 is 2.69 bits per heavy atom. The van der Waals surface area contributed by atoms with E-state index < -0.39 is 10.0 Å². The van der Waals surface area contributed by atoms with Crippen LogP contribution in [0.25, 0.3) is 0 Å². The summed E-state index contributed by atoms with van der Waals surface area (Å²) in [5.41, 5.74) is 5.78. The van der Waals surface area contributed by atoms with E-state index in [2.05, 4.69) is 4.40 Å². The molecule has 68 valence electrons. The number of nitrogens with two attached hydrogens (primary N) is 1. The van der Waals surface area contributed by atoms with E-state index in [4.69, 9.17) is 17.3 Å². The Labute approximate surface area is 80.1 Å². The Balaban J connectivity index is 2.90. The topological polar surface area (TPSA) is 72.5 Å². The van der Waals surface area contributed by atoms with Crippen molar-refractivity contribution in [2.75, 3.05) is 0 Å². The molecule has 4 nitrogen and oxygen atoms in total. The molecule has 0 bridgehead atoms. The Hall–Kier alpha value is -1.07. The normalized spacial score (nSPS) is 18.1. The lowest BCUT2D eigenvalue weighted by Crippen LogP contribution is -2.09. The zero-order valence-corrected chi connectivity index (χ0v) is 7.93. The van der Waals surface area contributed by atoms with Gasteiger partial charge in [-0.3, -0.25) is 0 Å². The van der Waals surface area contributed by atoms with Crippen LogP contribution in [0.4, 0.5) is 0 Å². The van der Waals surface area contributed by atoms with Crippen molar-refractivity contribution in [1.82, 2.24) is 0 Å². The van der Waals surface area contributed by atoms with Crippen LogP contribution in [0.2, 0.25) is 5.02 Å².